The Morgan fingerprint density at radius 2 is 1.34 bits per heavy atom. The number of unbranched alkanes of at least 4 members (excludes halogenated alkanes) is 11. The number of allylic oxidation sites excluding steroid dienone is 1. The number of anilines is 1. The lowest BCUT2D eigenvalue weighted by atomic mass is 10.1. The summed E-state index contributed by atoms with van der Waals surface area (Å²) in [4.78, 5) is 36.4. The molecule has 270 valence electrons. The van der Waals surface area contributed by atoms with Crippen molar-refractivity contribution in [3.63, 3.8) is 0 Å². The van der Waals surface area contributed by atoms with Crippen LogP contribution >= 0.6 is 0 Å². The van der Waals surface area contributed by atoms with Crippen molar-refractivity contribution in [3.8, 4) is 28.4 Å². The third-order valence-corrected chi connectivity index (χ3v) is 8.19. The van der Waals surface area contributed by atoms with Crippen LogP contribution in [0.4, 0.5) is 11.4 Å². The van der Waals surface area contributed by atoms with E-state index in [4.69, 9.17) is 24.7 Å². The van der Waals surface area contributed by atoms with E-state index in [1.165, 1.54) is 44.9 Å². The quantitative estimate of drug-likeness (QED) is 0.0175. The van der Waals surface area contributed by atoms with Gasteiger partial charge in [-0.25, -0.2) is 4.79 Å². The Morgan fingerprint density at radius 1 is 0.760 bits per heavy atom. The van der Waals surface area contributed by atoms with Crippen LogP contribution in [0.2, 0.25) is 0 Å². The smallest absolute Gasteiger partial charge is 0.345 e. The molecule has 0 bridgehead atoms. The summed E-state index contributed by atoms with van der Waals surface area (Å²) >= 11 is 0. The van der Waals surface area contributed by atoms with Crippen LogP contribution in [-0.2, 0) is 9.53 Å². The van der Waals surface area contributed by atoms with Crippen molar-refractivity contribution in [1.29, 1.82) is 0 Å². The fourth-order valence-corrected chi connectivity index (χ4v) is 5.31. The SMILES string of the molecule is C=CCCCCCCCCOc1ccc(-c2ccc(OC(=O)c3cc([N+](=O)[O-])c(OC(=O)CCOCCCCCCCC)cc3N)cc2)cc1. The lowest BCUT2D eigenvalue weighted by molar-refractivity contribution is -0.385. The lowest BCUT2D eigenvalue weighted by Crippen LogP contribution is -2.15. The molecule has 0 atom stereocenters. The van der Waals surface area contributed by atoms with Gasteiger partial charge in [0, 0.05) is 18.7 Å². The molecule has 3 aromatic rings. The highest BCUT2D eigenvalue weighted by atomic mass is 16.6. The molecule has 10 nitrogen and oxygen atoms in total. The van der Waals surface area contributed by atoms with Gasteiger partial charge in [0.25, 0.3) is 0 Å². The van der Waals surface area contributed by atoms with Crippen LogP contribution in [0.5, 0.6) is 17.2 Å². The largest absolute Gasteiger partial charge is 0.494 e. The molecule has 0 aliphatic carbocycles. The van der Waals surface area contributed by atoms with Crippen LogP contribution in [0.3, 0.4) is 0 Å². The van der Waals surface area contributed by atoms with E-state index < -0.39 is 22.5 Å². The average molecular weight is 689 g/mol. The predicted molar refractivity (Wildman–Crippen MR) is 197 cm³/mol. The van der Waals surface area contributed by atoms with Crippen LogP contribution < -0.4 is 19.9 Å². The van der Waals surface area contributed by atoms with Crippen LogP contribution in [0.15, 0.2) is 73.3 Å². The number of benzene rings is 3. The molecular formula is C40H52N2O8. The topological polar surface area (TPSA) is 140 Å². The summed E-state index contributed by atoms with van der Waals surface area (Å²) < 4.78 is 22.1. The predicted octanol–water partition coefficient (Wildman–Crippen LogP) is 10.0. The lowest BCUT2D eigenvalue weighted by Gasteiger charge is -2.11. The molecule has 0 heterocycles. The van der Waals surface area contributed by atoms with Gasteiger partial charge in [0.2, 0.25) is 5.75 Å². The third kappa shape index (κ3) is 14.4. The molecule has 3 aromatic carbocycles. The Labute approximate surface area is 296 Å². The summed E-state index contributed by atoms with van der Waals surface area (Å²) in [5, 5.41) is 11.8. The molecule has 2 N–H and O–H groups in total. The van der Waals surface area contributed by atoms with E-state index in [1.807, 2.05) is 30.3 Å². The van der Waals surface area contributed by atoms with Gasteiger partial charge in [0.15, 0.2) is 0 Å². The molecule has 0 saturated carbocycles. The number of hydrogen-bond acceptors (Lipinski definition) is 9. The van der Waals surface area contributed by atoms with Crippen LogP contribution in [0, 0.1) is 10.1 Å². The summed E-state index contributed by atoms with van der Waals surface area (Å²) in [6.07, 6.45) is 16.9. The Balaban J connectivity index is 1.47. The minimum Gasteiger partial charge on any atom is -0.494 e. The molecule has 0 unspecified atom stereocenters. The fourth-order valence-electron chi connectivity index (χ4n) is 5.31. The highest BCUT2D eigenvalue weighted by Crippen LogP contribution is 2.33. The molecule has 0 aliphatic rings. The van der Waals surface area contributed by atoms with Gasteiger partial charge >= 0.3 is 17.6 Å². The maximum Gasteiger partial charge on any atom is 0.345 e. The fraction of sp³-hybridized carbons (Fsp3) is 0.450. The summed E-state index contributed by atoms with van der Waals surface area (Å²) in [5.74, 6) is -0.891. The number of nitrogen functional groups attached to an aromatic ring is 1. The summed E-state index contributed by atoms with van der Waals surface area (Å²) in [6, 6.07) is 16.7. The standard InChI is InChI=1S/C40H52N2O8/c1-3-5-7-9-11-12-14-16-27-48-33-21-17-31(18-22-33)32-19-23-34(24-20-32)49-40(44)35-29-37(42(45)46)38(30-36(35)41)50-39(43)25-28-47-26-15-13-10-8-6-4-2/h3,17-24,29-30H,1,4-16,25-28,41H2,2H3. The number of hydrogen-bond donors (Lipinski definition) is 1. The second kappa shape index (κ2) is 22.8. The second-order valence-corrected chi connectivity index (χ2v) is 12.3. The van der Waals surface area contributed by atoms with Crippen molar-refractivity contribution in [2.24, 2.45) is 0 Å². The minimum atomic E-state index is -0.881. The van der Waals surface area contributed by atoms with Gasteiger partial charge < -0.3 is 24.7 Å². The van der Waals surface area contributed by atoms with E-state index in [0.29, 0.717) is 13.2 Å². The molecular weight excluding hydrogens is 636 g/mol. The van der Waals surface area contributed by atoms with Gasteiger partial charge in [0.1, 0.15) is 11.5 Å². The monoisotopic (exact) mass is 688 g/mol. The average Bonchev–Trinajstić information content (AvgIpc) is 3.10. The van der Waals surface area contributed by atoms with Crippen molar-refractivity contribution >= 4 is 23.3 Å². The summed E-state index contributed by atoms with van der Waals surface area (Å²) in [5.41, 5.74) is 6.99. The highest BCUT2D eigenvalue weighted by molar-refractivity contribution is 5.98. The Morgan fingerprint density at radius 3 is 1.96 bits per heavy atom. The number of nitro groups is 1. The van der Waals surface area contributed by atoms with E-state index in [1.54, 1.807) is 24.3 Å². The second-order valence-electron chi connectivity index (χ2n) is 12.3. The maximum atomic E-state index is 13.0. The third-order valence-electron chi connectivity index (χ3n) is 8.19. The zero-order valence-electron chi connectivity index (χ0n) is 29.4. The maximum absolute atomic E-state index is 13.0. The van der Waals surface area contributed by atoms with Gasteiger partial charge in [-0.05, 0) is 61.1 Å². The number of rotatable bonds is 25. The van der Waals surface area contributed by atoms with Crippen molar-refractivity contribution in [2.75, 3.05) is 25.6 Å². The van der Waals surface area contributed by atoms with Crippen LogP contribution in [-0.4, -0.2) is 36.7 Å². The van der Waals surface area contributed by atoms with Crippen molar-refractivity contribution in [3.05, 3.63) is 89.0 Å². The van der Waals surface area contributed by atoms with Gasteiger partial charge in [-0.2, -0.15) is 0 Å². The van der Waals surface area contributed by atoms with E-state index in [2.05, 4.69) is 13.5 Å². The van der Waals surface area contributed by atoms with Gasteiger partial charge in [-0.3, -0.25) is 14.9 Å². The number of carbonyl (C=O) groups is 2. The van der Waals surface area contributed by atoms with Crippen molar-refractivity contribution in [1.82, 2.24) is 0 Å². The van der Waals surface area contributed by atoms with Gasteiger partial charge in [-0.1, -0.05) is 95.1 Å². The first-order valence-corrected chi connectivity index (χ1v) is 17.8. The molecule has 0 spiro atoms. The highest BCUT2D eigenvalue weighted by Gasteiger charge is 2.25. The molecule has 0 amide bonds. The molecule has 10 heteroatoms. The number of carbonyl (C=O) groups excluding carboxylic acids is 2. The number of esters is 2. The van der Waals surface area contributed by atoms with E-state index in [9.17, 15) is 19.7 Å². The molecule has 50 heavy (non-hydrogen) atoms. The Hall–Kier alpha value is -4.70. The van der Waals surface area contributed by atoms with E-state index >= 15 is 0 Å². The van der Waals surface area contributed by atoms with Crippen LogP contribution in [0.1, 0.15) is 107 Å². The first kappa shape index (κ1) is 39.7. The number of nitro benzene ring substituents is 1. The van der Waals surface area contributed by atoms with Crippen LogP contribution in [0.25, 0.3) is 11.1 Å². The van der Waals surface area contributed by atoms with Gasteiger partial charge in [-0.15, -0.1) is 6.58 Å². The molecule has 0 aliphatic heterocycles. The Bertz CT molecular complexity index is 1490. The molecule has 0 radical (unpaired) electrons. The number of nitrogens with two attached hydrogens (primary N) is 1. The first-order valence-electron chi connectivity index (χ1n) is 17.8. The van der Waals surface area contributed by atoms with E-state index in [-0.39, 0.29) is 35.8 Å². The molecule has 0 saturated heterocycles. The normalized spacial score (nSPS) is 10.8. The summed E-state index contributed by atoms with van der Waals surface area (Å²) in [6.45, 7) is 7.28. The zero-order chi connectivity index (χ0) is 36.0. The van der Waals surface area contributed by atoms with Gasteiger partial charge in [0.05, 0.1) is 35.8 Å². The molecule has 0 fully saturated rings. The number of ether oxygens (including phenoxy) is 4. The zero-order valence-corrected chi connectivity index (χ0v) is 29.4. The molecule has 3 rings (SSSR count). The van der Waals surface area contributed by atoms with Crippen molar-refractivity contribution in [2.45, 2.75) is 96.8 Å². The minimum absolute atomic E-state index is 0.0814. The van der Waals surface area contributed by atoms with E-state index in [0.717, 1.165) is 67.5 Å². The summed E-state index contributed by atoms with van der Waals surface area (Å²) in [7, 11) is 0. The van der Waals surface area contributed by atoms with Crippen molar-refractivity contribution < 1.29 is 33.5 Å². The first-order chi connectivity index (χ1) is 24.3. The number of nitrogens with zero attached hydrogens (tertiary/aromatic N) is 1. The molecule has 0 aromatic heterocycles. The Kier molecular flexibility index (Phi) is 18.2.